The Morgan fingerprint density at radius 2 is 1.96 bits per heavy atom. The van der Waals surface area contributed by atoms with E-state index >= 15 is 0 Å². The van der Waals surface area contributed by atoms with Crippen LogP contribution in [0.3, 0.4) is 0 Å². The zero-order valence-electron chi connectivity index (χ0n) is 13.6. The first-order valence-corrected chi connectivity index (χ1v) is 7.87. The van der Waals surface area contributed by atoms with E-state index in [1.807, 2.05) is 38.1 Å². The highest BCUT2D eigenvalue weighted by Gasteiger charge is 2.20. The zero-order valence-corrected chi connectivity index (χ0v) is 14.4. The number of hydrogen-bond acceptors (Lipinski definition) is 4. The summed E-state index contributed by atoms with van der Waals surface area (Å²) in [4.78, 5) is 17.0. The minimum Gasteiger partial charge on any atom is -0.320 e. The second-order valence-electron chi connectivity index (χ2n) is 5.47. The molecule has 0 fully saturated rings. The Hall–Kier alpha value is -3.17. The van der Waals surface area contributed by atoms with Gasteiger partial charge in [-0.15, -0.1) is 0 Å². The highest BCUT2D eigenvalue weighted by Crippen LogP contribution is 2.23. The lowest BCUT2D eigenvalue weighted by atomic mass is 10.1. The number of halogens is 1. The summed E-state index contributed by atoms with van der Waals surface area (Å²) < 4.78 is 1.28. The molecular formula is C18H14ClN5O. The maximum Gasteiger partial charge on any atom is 0.274 e. The number of rotatable bonds is 3. The first-order chi connectivity index (χ1) is 12.0. The van der Waals surface area contributed by atoms with Gasteiger partial charge in [-0.05, 0) is 37.1 Å². The maximum atomic E-state index is 12.8. The average molecular weight is 352 g/mol. The zero-order chi connectivity index (χ0) is 18.0. The third-order valence-electron chi connectivity index (χ3n) is 3.72. The van der Waals surface area contributed by atoms with Crippen molar-refractivity contribution >= 4 is 23.2 Å². The normalized spacial score (nSPS) is 10.3. The predicted octanol–water partition coefficient (Wildman–Crippen LogP) is 3.66. The van der Waals surface area contributed by atoms with E-state index in [2.05, 4.69) is 15.4 Å². The number of pyridine rings is 1. The van der Waals surface area contributed by atoms with E-state index in [1.54, 1.807) is 18.3 Å². The summed E-state index contributed by atoms with van der Waals surface area (Å²) in [5.74, 6) is -0.106. The Morgan fingerprint density at radius 1 is 1.24 bits per heavy atom. The van der Waals surface area contributed by atoms with E-state index in [4.69, 9.17) is 16.9 Å². The number of amides is 1. The van der Waals surface area contributed by atoms with Crippen LogP contribution < -0.4 is 5.32 Å². The van der Waals surface area contributed by atoms with Gasteiger partial charge in [-0.1, -0.05) is 29.8 Å². The van der Waals surface area contributed by atoms with E-state index in [-0.39, 0.29) is 17.2 Å². The van der Waals surface area contributed by atoms with Crippen LogP contribution in [-0.2, 0) is 0 Å². The number of carbonyl (C=O) groups excluding carboxylic acids is 1. The SMILES string of the molecule is Cc1cccc(C)c1NC(=O)c1cc(C#N)nn1-c1ncccc1Cl. The number of benzene rings is 1. The fourth-order valence-electron chi connectivity index (χ4n) is 2.48. The predicted molar refractivity (Wildman–Crippen MR) is 95.0 cm³/mol. The van der Waals surface area contributed by atoms with Gasteiger partial charge in [-0.25, -0.2) is 9.67 Å². The lowest BCUT2D eigenvalue weighted by Crippen LogP contribution is -2.18. The van der Waals surface area contributed by atoms with E-state index in [0.717, 1.165) is 16.8 Å². The first kappa shape index (κ1) is 16.7. The number of nitriles is 1. The molecule has 1 aromatic carbocycles. The lowest BCUT2D eigenvalue weighted by molar-refractivity contribution is 0.101. The molecular weight excluding hydrogens is 338 g/mol. The van der Waals surface area contributed by atoms with Crippen molar-refractivity contribution in [3.8, 4) is 11.9 Å². The van der Waals surface area contributed by atoms with Gasteiger partial charge in [-0.2, -0.15) is 10.4 Å². The molecule has 0 aliphatic carbocycles. The molecule has 0 unspecified atom stereocenters. The monoisotopic (exact) mass is 351 g/mol. The summed E-state index contributed by atoms with van der Waals surface area (Å²) in [5.41, 5.74) is 2.89. The molecule has 0 aliphatic rings. The van der Waals surface area contributed by atoms with Crippen LogP contribution in [0.1, 0.15) is 27.3 Å². The molecule has 0 atom stereocenters. The molecule has 0 aliphatic heterocycles. The molecule has 3 rings (SSSR count). The summed E-state index contributed by atoms with van der Waals surface area (Å²) in [6, 6.07) is 12.4. The number of anilines is 1. The fraction of sp³-hybridized carbons (Fsp3) is 0.111. The number of nitrogens with zero attached hydrogens (tertiary/aromatic N) is 4. The quantitative estimate of drug-likeness (QED) is 0.780. The summed E-state index contributed by atoms with van der Waals surface area (Å²) in [6.45, 7) is 3.83. The van der Waals surface area contributed by atoms with E-state index < -0.39 is 5.91 Å². The second-order valence-corrected chi connectivity index (χ2v) is 5.88. The number of carbonyl (C=O) groups is 1. The minimum absolute atomic E-state index is 0.105. The van der Waals surface area contributed by atoms with Crippen LogP contribution in [-0.4, -0.2) is 20.7 Å². The van der Waals surface area contributed by atoms with Crippen LogP contribution in [0.4, 0.5) is 5.69 Å². The van der Waals surface area contributed by atoms with Gasteiger partial charge >= 0.3 is 0 Å². The van der Waals surface area contributed by atoms with Crippen molar-refractivity contribution < 1.29 is 4.79 Å². The number of para-hydroxylation sites is 1. The second kappa shape index (κ2) is 6.75. The summed E-state index contributed by atoms with van der Waals surface area (Å²) in [5, 5.41) is 16.5. The Kier molecular flexibility index (Phi) is 4.50. The van der Waals surface area contributed by atoms with Gasteiger partial charge in [0.2, 0.25) is 0 Å². The number of nitrogens with one attached hydrogen (secondary N) is 1. The van der Waals surface area contributed by atoms with Crippen molar-refractivity contribution in [3.05, 3.63) is 70.1 Å². The highest BCUT2D eigenvalue weighted by atomic mass is 35.5. The van der Waals surface area contributed by atoms with E-state index in [9.17, 15) is 4.79 Å². The van der Waals surface area contributed by atoms with Crippen molar-refractivity contribution in [1.82, 2.24) is 14.8 Å². The van der Waals surface area contributed by atoms with Crippen LogP contribution in [0.15, 0.2) is 42.6 Å². The molecule has 0 bridgehead atoms. The molecule has 2 aromatic heterocycles. The van der Waals surface area contributed by atoms with Crippen molar-refractivity contribution in [1.29, 1.82) is 5.26 Å². The van der Waals surface area contributed by atoms with Gasteiger partial charge in [0.25, 0.3) is 5.91 Å². The molecule has 124 valence electrons. The van der Waals surface area contributed by atoms with Crippen molar-refractivity contribution in [2.45, 2.75) is 13.8 Å². The van der Waals surface area contributed by atoms with Crippen LogP contribution in [0.5, 0.6) is 0 Å². The molecule has 0 saturated carbocycles. The van der Waals surface area contributed by atoms with E-state index in [1.165, 1.54) is 10.7 Å². The van der Waals surface area contributed by atoms with Crippen LogP contribution in [0.2, 0.25) is 5.02 Å². The van der Waals surface area contributed by atoms with Crippen molar-refractivity contribution in [2.24, 2.45) is 0 Å². The largest absolute Gasteiger partial charge is 0.320 e. The Balaban J connectivity index is 2.06. The Labute approximate surface area is 149 Å². The van der Waals surface area contributed by atoms with Gasteiger partial charge in [0, 0.05) is 18.0 Å². The van der Waals surface area contributed by atoms with Gasteiger partial charge < -0.3 is 5.32 Å². The molecule has 0 radical (unpaired) electrons. The number of aromatic nitrogens is 3. The summed E-state index contributed by atoms with van der Waals surface area (Å²) in [7, 11) is 0. The highest BCUT2D eigenvalue weighted by molar-refractivity contribution is 6.32. The molecule has 1 amide bonds. The van der Waals surface area contributed by atoms with Crippen LogP contribution in [0, 0.1) is 25.2 Å². The van der Waals surface area contributed by atoms with Gasteiger partial charge in [0.15, 0.2) is 11.5 Å². The molecule has 0 spiro atoms. The molecule has 0 saturated heterocycles. The third-order valence-corrected chi connectivity index (χ3v) is 4.01. The van der Waals surface area contributed by atoms with Crippen molar-refractivity contribution in [2.75, 3.05) is 5.32 Å². The van der Waals surface area contributed by atoms with Crippen molar-refractivity contribution in [3.63, 3.8) is 0 Å². The molecule has 7 heteroatoms. The summed E-state index contributed by atoms with van der Waals surface area (Å²) >= 11 is 6.16. The first-order valence-electron chi connectivity index (χ1n) is 7.50. The van der Waals surface area contributed by atoms with Crippen LogP contribution >= 0.6 is 11.6 Å². The van der Waals surface area contributed by atoms with E-state index in [0.29, 0.717) is 5.02 Å². The van der Waals surface area contributed by atoms with Gasteiger partial charge in [0.05, 0.1) is 5.02 Å². The molecule has 25 heavy (non-hydrogen) atoms. The maximum absolute atomic E-state index is 12.8. The topological polar surface area (TPSA) is 83.6 Å². The molecule has 3 aromatic rings. The molecule has 6 nitrogen and oxygen atoms in total. The van der Waals surface area contributed by atoms with Gasteiger partial charge in [-0.3, -0.25) is 4.79 Å². The number of hydrogen-bond donors (Lipinski definition) is 1. The summed E-state index contributed by atoms with van der Waals surface area (Å²) in [6.07, 6.45) is 1.54. The lowest BCUT2D eigenvalue weighted by Gasteiger charge is -2.12. The Morgan fingerprint density at radius 3 is 2.60 bits per heavy atom. The third kappa shape index (κ3) is 3.23. The van der Waals surface area contributed by atoms with Gasteiger partial charge in [0.1, 0.15) is 11.8 Å². The smallest absolute Gasteiger partial charge is 0.274 e. The fourth-order valence-corrected chi connectivity index (χ4v) is 2.68. The molecule has 1 N–H and O–H groups in total. The molecule has 2 heterocycles. The average Bonchev–Trinajstić information content (AvgIpc) is 3.03. The minimum atomic E-state index is -0.395. The standard InChI is InChI=1S/C18H14ClN5O/c1-11-5-3-6-12(2)16(11)22-18(25)15-9-13(10-20)23-24(15)17-14(19)7-4-8-21-17/h3-9H,1-2H3,(H,22,25). The Bertz CT molecular complexity index is 983. The number of aryl methyl sites for hydroxylation is 2. The van der Waals surface area contributed by atoms with Crippen LogP contribution in [0.25, 0.3) is 5.82 Å².